The van der Waals surface area contributed by atoms with Crippen molar-refractivity contribution in [3.05, 3.63) is 30.1 Å². The molecule has 3 atom stereocenters. The van der Waals surface area contributed by atoms with Gasteiger partial charge in [0.25, 0.3) is 5.89 Å². The van der Waals surface area contributed by atoms with E-state index in [1.807, 2.05) is 24.3 Å². The molecule has 2 N–H and O–H groups in total. The number of urea groups is 1. The van der Waals surface area contributed by atoms with Gasteiger partial charge < -0.3 is 20.1 Å². The summed E-state index contributed by atoms with van der Waals surface area (Å²) < 4.78 is 5.43. The lowest BCUT2D eigenvalue weighted by molar-refractivity contribution is 0.151. The SMILES string of the molecule is CCCCc1noc(-c2ccccc2NC(=O)N[C@H]2C[C@H]3CC[C@@H](C2)N3C)n1. The van der Waals surface area contributed by atoms with E-state index in [0.717, 1.165) is 37.7 Å². The number of anilines is 1. The van der Waals surface area contributed by atoms with Crippen LogP contribution in [-0.4, -0.2) is 46.2 Å². The van der Waals surface area contributed by atoms with Crippen LogP contribution in [0.25, 0.3) is 11.5 Å². The van der Waals surface area contributed by atoms with Gasteiger partial charge in [-0.2, -0.15) is 4.98 Å². The minimum atomic E-state index is -0.174. The molecular weight excluding hydrogens is 354 g/mol. The summed E-state index contributed by atoms with van der Waals surface area (Å²) in [6, 6.07) is 8.79. The number of fused-ring (bicyclic) bond motifs is 2. The molecule has 2 aliphatic rings. The van der Waals surface area contributed by atoms with E-state index in [2.05, 4.69) is 39.6 Å². The molecule has 150 valence electrons. The highest BCUT2D eigenvalue weighted by Crippen LogP contribution is 2.34. The number of nitrogens with one attached hydrogen (secondary N) is 2. The number of hydrogen-bond acceptors (Lipinski definition) is 5. The fourth-order valence-corrected chi connectivity index (χ4v) is 4.45. The molecule has 2 saturated heterocycles. The van der Waals surface area contributed by atoms with Gasteiger partial charge in [0.1, 0.15) is 0 Å². The maximum Gasteiger partial charge on any atom is 0.319 e. The maximum absolute atomic E-state index is 12.6. The Hall–Kier alpha value is -2.41. The Balaban J connectivity index is 1.41. The average molecular weight is 383 g/mol. The Labute approximate surface area is 165 Å². The van der Waals surface area contributed by atoms with E-state index in [-0.39, 0.29) is 12.1 Å². The highest BCUT2D eigenvalue weighted by atomic mass is 16.5. The highest BCUT2D eigenvalue weighted by Gasteiger charge is 2.38. The van der Waals surface area contributed by atoms with Crippen LogP contribution in [0.15, 0.2) is 28.8 Å². The zero-order valence-corrected chi connectivity index (χ0v) is 16.6. The first-order valence-corrected chi connectivity index (χ1v) is 10.4. The second-order valence-electron chi connectivity index (χ2n) is 7.98. The Morgan fingerprint density at radius 2 is 2.00 bits per heavy atom. The fourth-order valence-electron chi connectivity index (χ4n) is 4.45. The van der Waals surface area contributed by atoms with Crippen LogP contribution in [0.5, 0.6) is 0 Å². The number of para-hydroxylation sites is 1. The van der Waals surface area contributed by atoms with E-state index < -0.39 is 0 Å². The normalized spacial score (nSPS) is 24.3. The summed E-state index contributed by atoms with van der Waals surface area (Å²) in [6.07, 6.45) is 7.43. The third-order valence-corrected chi connectivity index (χ3v) is 6.06. The Bertz CT molecular complexity index is 807. The lowest BCUT2D eigenvalue weighted by Crippen LogP contribution is -2.49. The molecule has 2 aliphatic heterocycles. The molecule has 0 aliphatic carbocycles. The zero-order valence-electron chi connectivity index (χ0n) is 16.6. The van der Waals surface area contributed by atoms with E-state index in [9.17, 15) is 4.79 Å². The molecule has 2 amide bonds. The van der Waals surface area contributed by atoms with Crippen molar-refractivity contribution in [2.75, 3.05) is 12.4 Å². The smallest absolute Gasteiger partial charge is 0.319 e. The number of nitrogens with zero attached hydrogens (tertiary/aromatic N) is 3. The summed E-state index contributed by atoms with van der Waals surface area (Å²) in [6.45, 7) is 2.13. The minimum absolute atomic E-state index is 0.174. The number of hydrogen-bond donors (Lipinski definition) is 2. The summed E-state index contributed by atoms with van der Waals surface area (Å²) >= 11 is 0. The molecular formula is C21H29N5O2. The van der Waals surface area contributed by atoms with E-state index in [4.69, 9.17) is 4.52 Å². The molecule has 0 spiro atoms. The summed E-state index contributed by atoms with van der Waals surface area (Å²) in [5.74, 6) is 1.15. The number of carbonyl (C=O) groups excluding carboxylic acids is 1. The van der Waals surface area contributed by atoms with Gasteiger partial charge in [-0.15, -0.1) is 0 Å². The standard InChI is InChI=1S/C21H29N5O2/c1-3-4-9-19-24-20(28-25-19)17-7-5-6-8-18(17)23-21(27)22-14-12-15-10-11-16(13-14)26(15)2/h5-8,14-16H,3-4,9-13H2,1-2H3,(H2,22,23,27)/t14-,15+,16-. The quantitative estimate of drug-likeness (QED) is 0.792. The van der Waals surface area contributed by atoms with Crippen molar-refractivity contribution in [2.45, 2.75) is 70.0 Å². The first-order chi connectivity index (χ1) is 13.6. The molecule has 28 heavy (non-hydrogen) atoms. The fraction of sp³-hybridized carbons (Fsp3) is 0.571. The van der Waals surface area contributed by atoms with Crippen molar-refractivity contribution in [1.29, 1.82) is 0 Å². The van der Waals surface area contributed by atoms with Crippen LogP contribution in [0.4, 0.5) is 10.5 Å². The van der Waals surface area contributed by atoms with Gasteiger partial charge in [0.15, 0.2) is 5.82 Å². The Kier molecular flexibility index (Phi) is 5.62. The summed E-state index contributed by atoms with van der Waals surface area (Å²) in [4.78, 5) is 19.6. The van der Waals surface area contributed by atoms with Crippen LogP contribution >= 0.6 is 0 Å². The van der Waals surface area contributed by atoms with Crippen molar-refractivity contribution in [1.82, 2.24) is 20.4 Å². The van der Waals surface area contributed by atoms with Crippen molar-refractivity contribution in [3.8, 4) is 11.5 Å². The van der Waals surface area contributed by atoms with Crippen molar-refractivity contribution in [2.24, 2.45) is 0 Å². The molecule has 3 heterocycles. The van der Waals surface area contributed by atoms with Crippen LogP contribution in [0.2, 0.25) is 0 Å². The number of amides is 2. The van der Waals surface area contributed by atoms with Crippen LogP contribution in [-0.2, 0) is 6.42 Å². The number of aryl methyl sites for hydroxylation is 1. The second kappa shape index (κ2) is 8.31. The molecule has 2 bridgehead atoms. The summed E-state index contributed by atoms with van der Waals surface area (Å²) in [7, 11) is 2.20. The Morgan fingerprint density at radius 3 is 2.75 bits per heavy atom. The van der Waals surface area contributed by atoms with E-state index in [1.165, 1.54) is 12.8 Å². The second-order valence-corrected chi connectivity index (χ2v) is 7.98. The summed E-state index contributed by atoms with van der Waals surface area (Å²) in [5, 5.41) is 10.2. The lowest BCUT2D eigenvalue weighted by Gasteiger charge is -2.36. The average Bonchev–Trinajstić information content (AvgIpc) is 3.22. The maximum atomic E-state index is 12.6. The predicted octanol–water partition coefficient (Wildman–Crippen LogP) is 3.83. The van der Waals surface area contributed by atoms with Gasteiger partial charge in [-0.25, -0.2) is 4.79 Å². The third kappa shape index (κ3) is 4.04. The predicted molar refractivity (Wildman–Crippen MR) is 108 cm³/mol. The number of rotatable bonds is 6. The first kappa shape index (κ1) is 18.9. The largest absolute Gasteiger partial charge is 0.335 e. The van der Waals surface area contributed by atoms with E-state index >= 15 is 0 Å². The van der Waals surface area contributed by atoms with Crippen LogP contribution in [0.1, 0.15) is 51.3 Å². The van der Waals surface area contributed by atoms with Gasteiger partial charge in [0.05, 0.1) is 11.3 Å². The van der Waals surface area contributed by atoms with E-state index in [0.29, 0.717) is 29.5 Å². The molecule has 7 heteroatoms. The summed E-state index contributed by atoms with van der Waals surface area (Å²) in [5.41, 5.74) is 1.43. The minimum Gasteiger partial charge on any atom is -0.335 e. The number of aromatic nitrogens is 2. The topological polar surface area (TPSA) is 83.3 Å². The van der Waals surface area contributed by atoms with Gasteiger partial charge in [-0.1, -0.05) is 30.6 Å². The van der Waals surface area contributed by atoms with Gasteiger partial charge >= 0.3 is 6.03 Å². The zero-order chi connectivity index (χ0) is 19.5. The van der Waals surface area contributed by atoms with Gasteiger partial charge in [-0.05, 0) is 51.3 Å². The van der Waals surface area contributed by atoms with Crippen molar-refractivity contribution < 1.29 is 9.32 Å². The van der Waals surface area contributed by atoms with Crippen molar-refractivity contribution >= 4 is 11.7 Å². The van der Waals surface area contributed by atoms with Gasteiger partial charge in [0, 0.05) is 24.5 Å². The molecule has 1 aromatic carbocycles. The monoisotopic (exact) mass is 383 g/mol. The first-order valence-electron chi connectivity index (χ1n) is 10.4. The van der Waals surface area contributed by atoms with Gasteiger partial charge in [0.2, 0.25) is 0 Å². The molecule has 7 nitrogen and oxygen atoms in total. The van der Waals surface area contributed by atoms with Crippen molar-refractivity contribution in [3.63, 3.8) is 0 Å². The molecule has 2 aromatic rings. The Morgan fingerprint density at radius 1 is 1.25 bits per heavy atom. The molecule has 0 saturated carbocycles. The highest BCUT2D eigenvalue weighted by molar-refractivity contribution is 5.93. The lowest BCUT2D eigenvalue weighted by atomic mass is 9.98. The number of unbranched alkanes of at least 4 members (excludes halogenated alkanes) is 1. The van der Waals surface area contributed by atoms with Crippen LogP contribution < -0.4 is 10.6 Å². The van der Waals surface area contributed by atoms with Crippen LogP contribution in [0.3, 0.4) is 0 Å². The molecule has 4 rings (SSSR count). The third-order valence-electron chi connectivity index (χ3n) is 6.06. The van der Waals surface area contributed by atoms with Crippen LogP contribution in [0, 0.1) is 0 Å². The molecule has 0 unspecified atom stereocenters. The number of carbonyl (C=O) groups is 1. The number of benzene rings is 1. The number of piperidine rings is 1. The van der Waals surface area contributed by atoms with E-state index in [1.54, 1.807) is 0 Å². The van der Waals surface area contributed by atoms with Gasteiger partial charge in [-0.3, -0.25) is 0 Å². The molecule has 2 fully saturated rings. The molecule has 1 aromatic heterocycles. The molecule has 0 radical (unpaired) electrons.